The van der Waals surface area contributed by atoms with Gasteiger partial charge < -0.3 is 14.4 Å². The molecule has 0 fully saturated rings. The van der Waals surface area contributed by atoms with Gasteiger partial charge in [-0.05, 0) is 32.4 Å². The van der Waals surface area contributed by atoms with Crippen molar-refractivity contribution in [2.75, 3.05) is 25.2 Å². The molecule has 2 aromatic carbocycles. The number of aromatic nitrogens is 1. The zero-order chi connectivity index (χ0) is 26.3. The summed E-state index contributed by atoms with van der Waals surface area (Å²) in [5.74, 6) is -0.226. The van der Waals surface area contributed by atoms with E-state index >= 15 is 0 Å². The average molecular weight is 518 g/mol. The molecule has 0 spiro atoms. The number of thiazole rings is 1. The van der Waals surface area contributed by atoms with Gasteiger partial charge in [0.25, 0.3) is 11.5 Å². The molecule has 1 atom stereocenters. The van der Waals surface area contributed by atoms with Crippen LogP contribution in [0.5, 0.6) is 5.75 Å². The first kappa shape index (κ1) is 24.7. The average Bonchev–Trinajstić information content (AvgIpc) is 3.36. The number of para-hydroxylation sites is 2. The fourth-order valence-corrected chi connectivity index (χ4v) is 6.11. The zero-order valence-corrected chi connectivity index (χ0v) is 21.9. The van der Waals surface area contributed by atoms with Crippen LogP contribution in [0.25, 0.3) is 5.57 Å². The number of esters is 1. The number of hydrogen-bond donors (Lipinski definition) is 0. The molecular weight excluding hydrogens is 490 g/mol. The van der Waals surface area contributed by atoms with E-state index in [0.717, 1.165) is 29.0 Å². The van der Waals surface area contributed by atoms with Crippen molar-refractivity contribution in [3.8, 4) is 5.75 Å². The van der Waals surface area contributed by atoms with E-state index in [1.165, 1.54) is 4.57 Å². The Morgan fingerprint density at radius 2 is 1.81 bits per heavy atom. The van der Waals surface area contributed by atoms with Crippen molar-refractivity contribution in [1.29, 1.82) is 0 Å². The number of anilines is 1. The minimum atomic E-state index is -0.820. The molecule has 1 aromatic heterocycles. The van der Waals surface area contributed by atoms with Gasteiger partial charge in [0.2, 0.25) is 0 Å². The number of fused-ring (bicyclic) bond motifs is 2. The fraction of sp³-hybridized carbons (Fsp3) is 0.286. The van der Waals surface area contributed by atoms with E-state index in [1.54, 1.807) is 31.9 Å². The SMILES string of the molecule is CCCN1C(=O)C(=c2sc3n(c2=O)C(c2ccccc2OC)C(C(=O)OCC)=C(C)N=3)c2ccccc21. The molecule has 190 valence electrons. The lowest BCUT2D eigenvalue weighted by molar-refractivity contribution is -0.139. The molecule has 0 N–H and O–H groups in total. The predicted molar refractivity (Wildman–Crippen MR) is 141 cm³/mol. The van der Waals surface area contributed by atoms with Crippen LogP contribution in [0.15, 0.2) is 69.6 Å². The molecular formula is C28H27N3O5S. The Morgan fingerprint density at radius 3 is 2.54 bits per heavy atom. The van der Waals surface area contributed by atoms with Crippen molar-refractivity contribution in [3.63, 3.8) is 0 Å². The van der Waals surface area contributed by atoms with Gasteiger partial charge in [-0.3, -0.25) is 14.2 Å². The normalized spacial score (nSPS) is 17.9. The molecule has 0 radical (unpaired) electrons. The van der Waals surface area contributed by atoms with Crippen molar-refractivity contribution < 1.29 is 19.1 Å². The summed E-state index contributed by atoms with van der Waals surface area (Å²) < 4.78 is 12.8. The zero-order valence-electron chi connectivity index (χ0n) is 21.1. The molecule has 3 aromatic rings. The molecule has 5 rings (SSSR count). The summed E-state index contributed by atoms with van der Waals surface area (Å²) in [6.07, 6.45) is 0.782. The van der Waals surface area contributed by atoms with Crippen LogP contribution < -0.4 is 24.5 Å². The number of nitrogens with zero attached hydrogens (tertiary/aromatic N) is 3. The first-order valence-electron chi connectivity index (χ1n) is 12.2. The lowest BCUT2D eigenvalue weighted by Gasteiger charge is -2.25. The monoisotopic (exact) mass is 517 g/mol. The van der Waals surface area contributed by atoms with E-state index in [-0.39, 0.29) is 23.6 Å². The fourth-order valence-electron chi connectivity index (χ4n) is 4.97. The van der Waals surface area contributed by atoms with Gasteiger partial charge in [0.1, 0.15) is 16.3 Å². The third-order valence-electron chi connectivity index (χ3n) is 6.52. The van der Waals surface area contributed by atoms with Crippen LogP contribution in [0.4, 0.5) is 5.69 Å². The predicted octanol–water partition coefficient (Wildman–Crippen LogP) is 2.93. The number of ether oxygens (including phenoxy) is 2. The van der Waals surface area contributed by atoms with Crippen molar-refractivity contribution in [2.24, 2.45) is 4.99 Å². The van der Waals surface area contributed by atoms with Crippen LogP contribution in [-0.2, 0) is 14.3 Å². The van der Waals surface area contributed by atoms with E-state index in [9.17, 15) is 14.4 Å². The second kappa shape index (κ2) is 9.82. The number of hydrogen-bond acceptors (Lipinski definition) is 7. The summed E-state index contributed by atoms with van der Waals surface area (Å²) in [5.41, 5.74) is 2.85. The van der Waals surface area contributed by atoms with Crippen LogP contribution >= 0.6 is 11.3 Å². The van der Waals surface area contributed by atoms with Crippen LogP contribution in [0.3, 0.4) is 0 Å². The smallest absolute Gasteiger partial charge is 0.338 e. The van der Waals surface area contributed by atoms with E-state index < -0.39 is 12.0 Å². The number of benzene rings is 2. The van der Waals surface area contributed by atoms with Crippen LogP contribution in [-0.4, -0.2) is 36.7 Å². The Hall–Kier alpha value is -3.98. The Kier molecular flexibility index (Phi) is 6.55. The number of allylic oxidation sites excluding steroid dienone is 1. The Labute approximate surface area is 217 Å². The first-order chi connectivity index (χ1) is 17.9. The maximum atomic E-state index is 14.1. The van der Waals surface area contributed by atoms with E-state index in [0.29, 0.717) is 38.5 Å². The quantitative estimate of drug-likeness (QED) is 0.469. The molecule has 0 saturated carbocycles. The van der Waals surface area contributed by atoms with Crippen LogP contribution in [0, 0.1) is 0 Å². The van der Waals surface area contributed by atoms with Crippen molar-refractivity contribution in [1.82, 2.24) is 4.57 Å². The van der Waals surface area contributed by atoms with Gasteiger partial charge in [0.05, 0.1) is 36.2 Å². The van der Waals surface area contributed by atoms with Crippen molar-refractivity contribution in [3.05, 3.63) is 90.6 Å². The van der Waals surface area contributed by atoms with E-state index in [4.69, 9.17) is 9.47 Å². The highest BCUT2D eigenvalue weighted by molar-refractivity contribution is 7.07. The number of amides is 1. The summed E-state index contributed by atoms with van der Waals surface area (Å²) in [6, 6.07) is 13.9. The van der Waals surface area contributed by atoms with Gasteiger partial charge in [-0.2, -0.15) is 0 Å². The highest BCUT2D eigenvalue weighted by Gasteiger charge is 2.37. The lowest BCUT2D eigenvalue weighted by Crippen LogP contribution is -2.41. The minimum absolute atomic E-state index is 0.182. The second-order valence-electron chi connectivity index (χ2n) is 8.71. The maximum Gasteiger partial charge on any atom is 0.338 e. The highest BCUT2D eigenvalue weighted by Crippen LogP contribution is 2.37. The third kappa shape index (κ3) is 3.90. The summed E-state index contributed by atoms with van der Waals surface area (Å²) >= 11 is 1.16. The third-order valence-corrected chi connectivity index (χ3v) is 7.58. The number of methoxy groups -OCH3 is 1. The van der Waals surface area contributed by atoms with Gasteiger partial charge >= 0.3 is 5.97 Å². The summed E-state index contributed by atoms with van der Waals surface area (Å²) in [5, 5.41) is 0. The Bertz CT molecular complexity index is 1630. The number of rotatable bonds is 6. The van der Waals surface area contributed by atoms with Crippen LogP contribution in [0.1, 0.15) is 44.4 Å². The van der Waals surface area contributed by atoms with Gasteiger partial charge in [0.15, 0.2) is 4.80 Å². The molecule has 0 aliphatic carbocycles. The molecule has 9 heteroatoms. The van der Waals surface area contributed by atoms with E-state index in [1.807, 2.05) is 49.4 Å². The molecule has 8 nitrogen and oxygen atoms in total. The largest absolute Gasteiger partial charge is 0.496 e. The Balaban J connectivity index is 1.83. The molecule has 1 amide bonds. The second-order valence-corrected chi connectivity index (χ2v) is 9.69. The van der Waals surface area contributed by atoms with Gasteiger partial charge in [-0.25, -0.2) is 9.79 Å². The molecule has 2 aliphatic heterocycles. The number of carbonyl (C=O) groups excluding carboxylic acids is 2. The van der Waals surface area contributed by atoms with Crippen molar-refractivity contribution >= 4 is 34.5 Å². The molecule has 2 aliphatic rings. The molecule has 37 heavy (non-hydrogen) atoms. The van der Waals surface area contributed by atoms with Gasteiger partial charge in [-0.15, -0.1) is 0 Å². The molecule has 0 saturated heterocycles. The molecule has 3 heterocycles. The molecule has 0 bridgehead atoms. The minimum Gasteiger partial charge on any atom is -0.496 e. The highest BCUT2D eigenvalue weighted by atomic mass is 32.1. The maximum absolute atomic E-state index is 14.1. The van der Waals surface area contributed by atoms with Gasteiger partial charge in [0, 0.05) is 17.7 Å². The molecule has 1 unspecified atom stereocenters. The summed E-state index contributed by atoms with van der Waals surface area (Å²) in [4.78, 5) is 47.7. The standard InChI is InChI=1S/C28H27N3O5S/c1-5-15-30-19-13-9-7-11-17(19)22(25(30)32)24-26(33)31-23(18-12-8-10-14-20(18)35-4)21(27(34)36-6-2)16(3)29-28(31)37-24/h7-14,23H,5-6,15H2,1-4H3. The first-order valence-corrected chi connectivity index (χ1v) is 13.0. The van der Waals surface area contributed by atoms with Gasteiger partial charge in [-0.1, -0.05) is 54.7 Å². The Morgan fingerprint density at radius 1 is 1.08 bits per heavy atom. The summed E-state index contributed by atoms with van der Waals surface area (Å²) in [6.45, 7) is 6.20. The van der Waals surface area contributed by atoms with E-state index in [2.05, 4.69) is 4.99 Å². The van der Waals surface area contributed by atoms with Crippen LogP contribution in [0.2, 0.25) is 0 Å². The lowest BCUT2D eigenvalue weighted by atomic mass is 9.95. The van der Waals surface area contributed by atoms with Crippen molar-refractivity contribution in [2.45, 2.75) is 33.2 Å². The number of carbonyl (C=O) groups is 2. The summed E-state index contributed by atoms with van der Waals surface area (Å²) in [7, 11) is 1.54. The topological polar surface area (TPSA) is 90.2 Å².